The molecule has 1 atom stereocenters. The average molecular weight is 372 g/mol. The molecule has 0 amide bonds. The molecule has 4 nitrogen and oxygen atoms in total. The Labute approximate surface area is 144 Å². The van der Waals surface area contributed by atoms with Crippen LogP contribution in [-0.2, 0) is 4.79 Å². The first-order valence-corrected chi connectivity index (χ1v) is 8.30. The van der Waals surface area contributed by atoms with E-state index in [1.54, 1.807) is 0 Å². The fourth-order valence-electron chi connectivity index (χ4n) is 3.42. The summed E-state index contributed by atoms with van der Waals surface area (Å²) in [7, 11) is 0. The summed E-state index contributed by atoms with van der Waals surface area (Å²) in [5.74, 6) is 0.0644. The summed E-state index contributed by atoms with van der Waals surface area (Å²) < 4.78 is 0.955. The molecule has 1 aliphatic carbocycles. The van der Waals surface area contributed by atoms with Crippen molar-refractivity contribution < 1.29 is 4.79 Å². The molecule has 2 aliphatic rings. The summed E-state index contributed by atoms with van der Waals surface area (Å²) in [5, 5.41) is 12.7. The van der Waals surface area contributed by atoms with Gasteiger partial charge in [-0.1, -0.05) is 41.9 Å². The van der Waals surface area contributed by atoms with E-state index < -0.39 is 0 Å². The van der Waals surface area contributed by atoms with Gasteiger partial charge in [0.2, 0.25) is 0 Å². The monoisotopic (exact) mass is 371 g/mol. The highest BCUT2D eigenvalue weighted by Gasteiger charge is 2.41. The molecule has 5 heteroatoms. The Morgan fingerprint density at radius 2 is 1.96 bits per heavy atom. The van der Waals surface area contributed by atoms with Crippen LogP contribution in [0.1, 0.15) is 38.2 Å². The van der Waals surface area contributed by atoms with Crippen LogP contribution in [0.3, 0.4) is 0 Å². The molecule has 1 aromatic carbocycles. The number of Topliss-reactive ketones (excluding diaryl/α,β-unsaturated/α-hetero) is 1. The largest absolute Gasteiger partial charge is 0.384 e. The van der Waals surface area contributed by atoms with Crippen LogP contribution < -0.4 is 11.1 Å². The van der Waals surface area contributed by atoms with Gasteiger partial charge in [0.05, 0.1) is 17.6 Å². The quantitative estimate of drug-likeness (QED) is 0.791. The number of benzene rings is 1. The second kappa shape index (κ2) is 5.54. The number of hydrogen-bond acceptors (Lipinski definition) is 4. The van der Waals surface area contributed by atoms with E-state index in [2.05, 4.69) is 41.2 Å². The highest BCUT2D eigenvalue weighted by atomic mass is 79.9. The Morgan fingerprint density at radius 3 is 2.57 bits per heavy atom. The number of rotatable bonds is 1. The second-order valence-corrected chi connectivity index (χ2v) is 7.80. The van der Waals surface area contributed by atoms with Gasteiger partial charge in [0.15, 0.2) is 5.78 Å². The highest BCUT2D eigenvalue weighted by Crippen LogP contribution is 2.45. The fourth-order valence-corrected chi connectivity index (χ4v) is 3.69. The van der Waals surface area contributed by atoms with Gasteiger partial charge in [0.25, 0.3) is 0 Å². The first kappa shape index (κ1) is 15.8. The van der Waals surface area contributed by atoms with Crippen LogP contribution in [0.4, 0.5) is 0 Å². The van der Waals surface area contributed by atoms with E-state index in [-0.39, 0.29) is 17.1 Å². The molecule has 0 radical (unpaired) electrons. The van der Waals surface area contributed by atoms with Crippen molar-refractivity contribution in [3.8, 4) is 6.07 Å². The minimum absolute atomic E-state index is 0.0944. The maximum Gasteiger partial charge on any atom is 0.162 e. The lowest BCUT2D eigenvalue weighted by molar-refractivity contribution is -0.118. The van der Waals surface area contributed by atoms with Crippen molar-refractivity contribution in [2.45, 2.75) is 32.6 Å². The van der Waals surface area contributed by atoms with Crippen LogP contribution in [0.2, 0.25) is 0 Å². The van der Waals surface area contributed by atoms with Gasteiger partial charge in [0.1, 0.15) is 5.82 Å². The van der Waals surface area contributed by atoms with Crippen molar-refractivity contribution in [1.29, 1.82) is 5.26 Å². The Morgan fingerprint density at radius 1 is 1.30 bits per heavy atom. The fraction of sp³-hybridized carbons (Fsp3) is 0.333. The molecule has 3 N–H and O–H groups in total. The lowest BCUT2D eigenvalue weighted by Gasteiger charge is -2.38. The number of allylic oxidation sites excluding steroid dienone is 3. The van der Waals surface area contributed by atoms with Gasteiger partial charge in [-0.3, -0.25) is 4.79 Å². The number of halogens is 1. The van der Waals surface area contributed by atoms with E-state index in [1.807, 2.05) is 24.3 Å². The Balaban J connectivity index is 2.17. The van der Waals surface area contributed by atoms with Crippen LogP contribution in [0.25, 0.3) is 0 Å². The van der Waals surface area contributed by atoms with E-state index in [1.165, 1.54) is 0 Å². The molecule has 0 bridgehead atoms. The molecular formula is C18H18BrN3O. The van der Waals surface area contributed by atoms with E-state index in [0.29, 0.717) is 23.4 Å². The Bertz CT molecular complexity index is 781. The van der Waals surface area contributed by atoms with Crippen molar-refractivity contribution in [2.75, 3.05) is 0 Å². The number of nitrogens with zero attached hydrogens (tertiary/aromatic N) is 1. The molecule has 118 valence electrons. The van der Waals surface area contributed by atoms with Gasteiger partial charge in [-0.05, 0) is 29.5 Å². The lowest BCUT2D eigenvalue weighted by atomic mass is 9.69. The van der Waals surface area contributed by atoms with E-state index >= 15 is 0 Å². The number of dihydropyridines is 1. The van der Waals surface area contributed by atoms with Crippen molar-refractivity contribution in [2.24, 2.45) is 11.1 Å². The number of nitriles is 1. The second-order valence-electron chi connectivity index (χ2n) is 6.88. The smallest absolute Gasteiger partial charge is 0.162 e. The van der Waals surface area contributed by atoms with Gasteiger partial charge < -0.3 is 11.1 Å². The summed E-state index contributed by atoms with van der Waals surface area (Å²) in [6.45, 7) is 4.15. The predicted molar refractivity (Wildman–Crippen MR) is 91.9 cm³/mol. The van der Waals surface area contributed by atoms with Crippen LogP contribution in [0, 0.1) is 16.7 Å². The van der Waals surface area contributed by atoms with E-state index in [4.69, 9.17) is 5.73 Å². The molecule has 0 saturated carbocycles. The molecule has 0 spiro atoms. The van der Waals surface area contributed by atoms with Gasteiger partial charge in [-0.15, -0.1) is 0 Å². The first-order valence-electron chi connectivity index (χ1n) is 7.51. The summed E-state index contributed by atoms with van der Waals surface area (Å²) in [4.78, 5) is 12.8. The zero-order valence-electron chi connectivity index (χ0n) is 13.1. The molecular weight excluding hydrogens is 354 g/mol. The Kier molecular flexibility index (Phi) is 3.81. The zero-order chi connectivity index (χ0) is 16.8. The third kappa shape index (κ3) is 2.79. The predicted octanol–water partition coefficient (Wildman–Crippen LogP) is 3.47. The van der Waals surface area contributed by atoms with E-state index in [0.717, 1.165) is 22.2 Å². The molecule has 3 rings (SSSR count). The van der Waals surface area contributed by atoms with Crippen molar-refractivity contribution in [1.82, 2.24) is 5.32 Å². The minimum atomic E-state index is -0.382. The van der Waals surface area contributed by atoms with Crippen LogP contribution in [0.15, 0.2) is 51.4 Å². The van der Waals surface area contributed by atoms with Crippen LogP contribution >= 0.6 is 15.9 Å². The molecule has 0 saturated heterocycles. The third-order valence-corrected chi connectivity index (χ3v) is 4.93. The molecule has 1 aliphatic heterocycles. The molecule has 1 unspecified atom stereocenters. The number of ketones is 1. The van der Waals surface area contributed by atoms with Crippen molar-refractivity contribution in [3.05, 3.63) is 57.0 Å². The first-order chi connectivity index (χ1) is 10.8. The van der Waals surface area contributed by atoms with Crippen LogP contribution in [0.5, 0.6) is 0 Å². The number of carbonyl (C=O) groups is 1. The van der Waals surface area contributed by atoms with Gasteiger partial charge >= 0.3 is 0 Å². The normalized spacial score (nSPS) is 23.2. The van der Waals surface area contributed by atoms with Gasteiger partial charge in [-0.25, -0.2) is 0 Å². The summed E-state index contributed by atoms with van der Waals surface area (Å²) in [6.07, 6.45) is 1.24. The summed E-state index contributed by atoms with van der Waals surface area (Å²) in [6, 6.07) is 9.88. The maximum atomic E-state index is 12.8. The summed E-state index contributed by atoms with van der Waals surface area (Å²) in [5.41, 5.74) is 8.86. The number of nitrogens with one attached hydrogen (secondary N) is 1. The maximum absolute atomic E-state index is 12.8. The lowest BCUT2D eigenvalue weighted by Crippen LogP contribution is -2.39. The van der Waals surface area contributed by atoms with Crippen molar-refractivity contribution >= 4 is 21.7 Å². The topological polar surface area (TPSA) is 78.9 Å². The highest BCUT2D eigenvalue weighted by molar-refractivity contribution is 9.10. The molecule has 0 aromatic heterocycles. The number of carbonyl (C=O) groups excluding carboxylic acids is 1. The summed E-state index contributed by atoms with van der Waals surface area (Å²) >= 11 is 3.42. The number of hydrogen-bond donors (Lipinski definition) is 2. The average Bonchev–Trinajstić information content (AvgIpc) is 2.45. The number of nitrogens with two attached hydrogens (primary N) is 1. The molecule has 23 heavy (non-hydrogen) atoms. The molecule has 1 heterocycles. The van der Waals surface area contributed by atoms with Gasteiger partial charge in [-0.2, -0.15) is 5.26 Å². The van der Waals surface area contributed by atoms with Gasteiger partial charge in [0, 0.05) is 22.2 Å². The molecule has 0 fully saturated rings. The standard InChI is InChI=1S/C18H18BrN3O/c1-18(2)7-13-16(14(23)8-18)15(12(9-20)17(21)22-13)10-3-5-11(19)6-4-10/h3-6,15,22H,7-8,21H2,1-2H3. The Hall–Kier alpha value is -2.06. The van der Waals surface area contributed by atoms with Crippen LogP contribution in [-0.4, -0.2) is 5.78 Å². The van der Waals surface area contributed by atoms with Crippen molar-refractivity contribution in [3.63, 3.8) is 0 Å². The van der Waals surface area contributed by atoms with E-state index in [9.17, 15) is 10.1 Å². The molecule has 1 aromatic rings. The third-order valence-electron chi connectivity index (χ3n) is 4.40. The SMILES string of the molecule is CC1(C)CC(=O)C2=C(C1)NC(N)=C(C#N)C2c1ccc(Br)cc1. The minimum Gasteiger partial charge on any atom is -0.384 e. The zero-order valence-corrected chi connectivity index (χ0v) is 14.7.